The molecular formula is C13H16O5. The zero-order valence-electron chi connectivity index (χ0n) is 10.9. The number of methoxy groups -OCH3 is 1. The summed E-state index contributed by atoms with van der Waals surface area (Å²) in [6.07, 6.45) is 0. The van der Waals surface area contributed by atoms with Crippen LogP contribution in [0.4, 0.5) is 0 Å². The predicted molar refractivity (Wildman–Crippen MR) is 65.2 cm³/mol. The van der Waals surface area contributed by atoms with Crippen LogP contribution in [0.2, 0.25) is 0 Å². The molecule has 18 heavy (non-hydrogen) atoms. The van der Waals surface area contributed by atoms with Gasteiger partial charge in [0.25, 0.3) is 0 Å². The maximum absolute atomic E-state index is 11.6. The quantitative estimate of drug-likeness (QED) is 0.498. The van der Waals surface area contributed by atoms with Gasteiger partial charge in [-0.05, 0) is 25.5 Å². The highest BCUT2D eigenvalue weighted by Gasteiger charge is 2.20. The Morgan fingerprint density at radius 2 is 1.89 bits per heavy atom. The van der Waals surface area contributed by atoms with E-state index in [2.05, 4.69) is 0 Å². The van der Waals surface area contributed by atoms with Gasteiger partial charge in [-0.2, -0.15) is 0 Å². The summed E-state index contributed by atoms with van der Waals surface area (Å²) in [6.45, 7) is 4.12. The lowest BCUT2D eigenvalue weighted by Gasteiger charge is -2.16. The van der Waals surface area contributed by atoms with Crippen LogP contribution in [0.5, 0.6) is 11.5 Å². The number of ether oxygens (including phenoxy) is 2. The molecule has 0 aromatic heterocycles. The minimum Gasteiger partial charge on any atom is -0.496 e. The molecule has 5 nitrogen and oxygen atoms in total. The minimum absolute atomic E-state index is 0.283. The highest BCUT2D eigenvalue weighted by atomic mass is 16.5. The number of benzene rings is 1. The monoisotopic (exact) mass is 252 g/mol. The number of rotatable bonds is 4. The Morgan fingerprint density at radius 3 is 2.33 bits per heavy atom. The third-order valence-electron chi connectivity index (χ3n) is 2.54. The predicted octanol–water partition coefficient (Wildman–Crippen LogP) is 1.41. The second-order valence-electron chi connectivity index (χ2n) is 3.90. The molecule has 1 N–H and O–H groups in total. The van der Waals surface area contributed by atoms with Crippen molar-refractivity contribution in [2.45, 2.75) is 20.8 Å². The average Bonchev–Trinajstić information content (AvgIpc) is 2.32. The molecule has 0 saturated carbocycles. The summed E-state index contributed by atoms with van der Waals surface area (Å²) in [5.41, 5.74) is 1.48. The van der Waals surface area contributed by atoms with E-state index in [9.17, 15) is 9.59 Å². The van der Waals surface area contributed by atoms with Gasteiger partial charge >= 0.3 is 5.97 Å². The van der Waals surface area contributed by atoms with Crippen LogP contribution in [0, 0.1) is 13.8 Å². The van der Waals surface area contributed by atoms with Crippen molar-refractivity contribution in [2.24, 2.45) is 0 Å². The normalized spacial score (nSPS) is 10.1. The molecule has 98 valence electrons. The van der Waals surface area contributed by atoms with Gasteiger partial charge in [-0.3, -0.25) is 9.59 Å². The number of carbonyl (C=O) groups excluding carboxylic acids is 2. The lowest BCUT2D eigenvalue weighted by Crippen LogP contribution is -2.11. The highest BCUT2D eigenvalue weighted by Crippen LogP contribution is 2.35. The van der Waals surface area contributed by atoms with Gasteiger partial charge in [0.15, 0.2) is 5.78 Å². The molecule has 0 bridgehead atoms. The number of hydrogen-bond acceptors (Lipinski definition) is 5. The maximum atomic E-state index is 11.6. The van der Waals surface area contributed by atoms with Gasteiger partial charge in [-0.15, -0.1) is 0 Å². The Balaban J connectivity index is 3.44. The van der Waals surface area contributed by atoms with Crippen molar-refractivity contribution in [3.63, 3.8) is 0 Å². The van der Waals surface area contributed by atoms with Gasteiger partial charge in [-0.25, -0.2) is 0 Å². The van der Waals surface area contributed by atoms with E-state index in [4.69, 9.17) is 14.6 Å². The standard InChI is InChI=1S/C13H16O5/c1-7-5-10(11(16)6-14)13(17-4)8(2)12(7)18-9(3)15/h5,14H,6H2,1-4H3. The van der Waals surface area contributed by atoms with E-state index in [1.54, 1.807) is 19.9 Å². The number of Topliss-reactive ketones (excluding diaryl/α,β-unsaturated/α-hetero) is 1. The molecule has 0 fully saturated rings. The van der Waals surface area contributed by atoms with E-state index in [1.165, 1.54) is 14.0 Å². The van der Waals surface area contributed by atoms with Crippen molar-refractivity contribution in [1.82, 2.24) is 0 Å². The van der Waals surface area contributed by atoms with Crippen LogP contribution in [0.1, 0.15) is 28.4 Å². The fraction of sp³-hybridized carbons (Fsp3) is 0.385. The Bertz CT molecular complexity index is 491. The summed E-state index contributed by atoms with van der Waals surface area (Å²) in [6, 6.07) is 1.54. The van der Waals surface area contributed by atoms with Crippen molar-refractivity contribution in [3.05, 3.63) is 22.8 Å². The summed E-state index contributed by atoms with van der Waals surface area (Å²) in [4.78, 5) is 22.6. The molecule has 1 rings (SSSR count). The van der Waals surface area contributed by atoms with Crippen molar-refractivity contribution in [1.29, 1.82) is 0 Å². The van der Waals surface area contributed by atoms with Gasteiger partial charge in [0, 0.05) is 12.5 Å². The molecular weight excluding hydrogens is 236 g/mol. The number of ketones is 1. The highest BCUT2D eigenvalue weighted by molar-refractivity contribution is 6.00. The Hall–Kier alpha value is -1.88. The van der Waals surface area contributed by atoms with Crippen molar-refractivity contribution in [3.8, 4) is 11.5 Å². The van der Waals surface area contributed by atoms with Crippen LogP contribution in [0.25, 0.3) is 0 Å². The fourth-order valence-corrected chi connectivity index (χ4v) is 1.80. The molecule has 0 unspecified atom stereocenters. The van der Waals surface area contributed by atoms with Crippen molar-refractivity contribution in [2.75, 3.05) is 13.7 Å². The van der Waals surface area contributed by atoms with Gasteiger partial charge in [0.2, 0.25) is 0 Å². The van der Waals surface area contributed by atoms with Crippen LogP contribution in [-0.4, -0.2) is 30.6 Å². The maximum Gasteiger partial charge on any atom is 0.308 e. The Morgan fingerprint density at radius 1 is 1.28 bits per heavy atom. The first kappa shape index (κ1) is 14.2. The molecule has 5 heteroatoms. The van der Waals surface area contributed by atoms with E-state index in [-0.39, 0.29) is 5.56 Å². The average molecular weight is 252 g/mol. The Labute approximate surface area is 105 Å². The molecule has 0 aliphatic carbocycles. The first-order valence-corrected chi connectivity index (χ1v) is 5.43. The lowest BCUT2D eigenvalue weighted by molar-refractivity contribution is -0.131. The molecule has 0 saturated heterocycles. The number of hydrogen-bond donors (Lipinski definition) is 1. The third-order valence-corrected chi connectivity index (χ3v) is 2.54. The van der Waals surface area contributed by atoms with Crippen LogP contribution < -0.4 is 9.47 Å². The largest absolute Gasteiger partial charge is 0.496 e. The number of aryl methyl sites for hydroxylation is 1. The molecule has 0 atom stereocenters. The molecule has 0 spiro atoms. The molecule has 0 aliphatic heterocycles. The summed E-state index contributed by atoms with van der Waals surface area (Å²) < 4.78 is 10.2. The minimum atomic E-state index is -0.595. The molecule has 0 radical (unpaired) electrons. The molecule has 0 heterocycles. The summed E-state index contributed by atoms with van der Waals surface area (Å²) in [5, 5.41) is 8.91. The third kappa shape index (κ3) is 2.68. The van der Waals surface area contributed by atoms with Gasteiger partial charge in [0.1, 0.15) is 18.1 Å². The smallest absolute Gasteiger partial charge is 0.308 e. The second-order valence-corrected chi connectivity index (χ2v) is 3.90. The lowest BCUT2D eigenvalue weighted by atomic mass is 10.0. The Kier molecular flexibility index (Phi) is 4.44. The summed E-state index contributed by atoms with van der Waals surface area (Å²) >= 11 is 0. The zero-order valence-corrected chi connectivity index (χ0v) is 10.9. The van der Waals surface area contributed by atoms with Gasteiger partial charge in [-0.1, -0.05) is 0 Å². The molecule has 0 aliphatic rings. The number of aliphatic hydroxyl groups is 1. The molecule has 1 aromatic carbocycles. The van der Waals surface area contributed by atoms with Crippen molar-refractivity contribution >= 4 is 11.8 Å². The van der Waals surface area contributed by atoms with E-state index >= 15 is 0 Å². The second kappa shape index (κ2) is 5.64. The van der Waals surface area contributed by atoms with E-state index in [0.717, 1.165) is 0 Å². The van der Waals surface area contributed by atoms with Crippen LogP contribution >= 0.6 is 0 Å². The van der Waals surface area contributed by atoms with Crippen LogP contribution in [0.15, 0.2) is 6.07 Å². The first-order valence-electron chi connectivity index (χ1n) is 5.43. The first-order chi connectivity index (χ1) is 8.42. The zero-order chi connectivity index (χ0) is 13.9. The van der Waals surface area contributed by atoms with Gasteiger partial charge < -0.3 is 14.6 Å². The SMILES string of the molecule is COc1c(C(=O)CO)cc(C)c(OC(C)=O)c1C. The van der Waals surface area contributed by atoms with Gasteiger partial charge in [0.05, 0.1) is 12.7 Å². The molecule has 1 aromatic rings. The molecule has 0 amide bonds. The number of aliphatic hydroxyl groups excluding tert-OH is 1. The number of carbonyl (C=O) groups is 2. The topological polar surface area (TPSA) is 72.8 Å². The van der Waals surface area contributed by atoms with Crippen LogP contribution in [-0.2, 0) is 4.79 Å². The van der Waals surface area contributed by atoms with Crippen LogP contribution in [0.3, 0.4) is 0 Å². The van der Waals surface area contributed by atoms with Crippen molar-refractivity contribution < 1.29 is 24.2 Å². The van der Waals surface area contributed by atoms with E-state index in [1.807, 2.05) is 0 Å². The number of esters is 1. The van der Waals surface area contributed by atoms with E-state index < -0.39 is 18.4 Å². The summed E-state index contributed by atoms with van der Waals surface area (Å²) in [5.74, 6) is -0.179. The fourth-order valence-electron chi connectivity index (χ4n) is 1.80. The summed E-state index contributed by atoms with van der Waals surface area (Å²) in [7, 11) is 1.42. The van der Waals surface area contributed by atoms with E-state index in [0.29, 0.717) is 22.6 Å².